The summed E-state index contributed by atoms with van der Waals surface area (Å²) in [6, 6.07) is 8.72. The van der Waals surface area contributed by atoms with Crippen molar-refractivity contribution in [1.29, 1.82) is 0 Å². The number of sulfonamides is 1. The molecule has 0 aliphatic rings. The summed E-state index contributed by atoms with van der Waals surface area (Å²) in [5.41, 5.74) is 1.01. The van der Waals surface area contributed by atoms with Gasteiger partial charge in [0.2, 0.25) is 0 Å². The van der Waals surface area contributed by atoms with Crippen molar-refractivity contribution in [1.82, 2.24) is 0 Å². The van der Waals surface area contributed by atoms with Crippen molar-refractivity contribution in [2.75, 3.05) is 4.72 Å². The van der Waals surface area contributed by atoms with E-state index in [9.17, 15) is 12.8 Å². The first kappa shape index (κ1) is 15.3. The Hall–Kier alpha value is -1.11. The zero-order valence-electron chi connectivity index (χ0n) is 10.3. The molecule has 0 atom stereocenters. The molecule has 2 aromatic rings. The van der Waals surface area contributed by atoms with Crippen LogP contribution in [0.1, 0.15) is 5.56 Å². The minimum atomic E-state index is -3.77. The third-order valence-corrected chi connectivity index (χ3v) is 5.30. The molecule has 0 bridgehead atoms. The van der Waals surface area contributed by atoms with Gasteiger partial charge in [-0.05, 0) is 47.1 Å². The van der Waals surface area contributed by atoms with Crippen LogP contribution in [0.25, 0.3) is 0 Å². The van der Waals surface area contributed by atoms with Crippen LogP contribution in [0.5, 0.6) is 0 Å². The Morgan fingerprint density at radius 1 is 1.20 bits per heavy atom. The van der Waals surface area contributed by atoms with Gasteiger partial charge in [0.15, 0.2) is 0 Å². The summed E-state index contributed by atoms with van der Waals surface area (Å²) in [5, 5.41) is 0.0895. The lowest BCUT2D eigenvalue weighted by Crippen LogP contribution is -2.13. The fourth-order valence-corrected chi connectivity index (χ4v) is 3.02. The fourth-order valence-electron chi connectivity index (χ4n) is 1.55. The first-order chi connectivity index (χ1) is 9.29. The minimum Gasteiger partial charge on any atom is -0.279 e. The number of hydrogen-bond donors (Lipinski definition) is 1. The van der Waals surface area contributed by atoms with Crippen molar-refractivity contribution in [2.45, 2.75) is 11.8 Å². The lowest BCUT2D eigenvalue weighted by atomic mass is 10.2. The van der Waals surface area contributed by atoms with E-state index in [-0.39, 0.29) is 20.1 Å². The van der Waals surface area contributed by atoms with E-state index in [0.29, 0.717) is 0 Å². The highest BCUT2D eigenvalue weighted by molar-refractivity contribution is 9.10. The van der Waals surface area contributed by atoms with Crippen LogP contribution in [0.4, 0.5) is 10.1 Å². The van der Waals surface area contributed by atoms with E-state index in [1.807, 2.05) is 6.92 Å². The van der Waals surface area contributed by atoms with Gasteiger partial charge in [-0.25, -0.2) is 12.8 Å². The SMILES string of the molecule is Cc1ccc(S(=O)(=O)Nc2cc(F)c(Br)c(Cl)c2)cc1. The molecule has 0 amide bonds. The van der Waals surface area contributed by atoms with Crippen LogP contribution in [0.3, 0.4) is 0 Å². The number of anilines is 1. The third kappa shape index (κ3) is 3.31. The molecule has 0 saturated carbocycles. The molecule has 2 aromatic carbocycles. The van der Waals surface area contributed by atoms with E-state index in [0.717, 1.165) is 11.6 Å². The van der Waals surface area contributed by atoms with Crippen LogP contribution in [0.2, 0.25) is 5.02 Å². The molecule has 0 fully saturated rings. The Labute approximate surface area is 130 Å². The number of rotatable bonds is 3. The first-order valence-electron chi connectivity index (χ1n) is 5.53. The second-order valence-corrected chi connectivity index (χ2v) is 7.06. The molecule has 2 rings (SSSR count). The largest absolute Gasteiger partial charge is 0.279 e. The average Bonchev–Trinajstić information content (AvgIpc) is 2.36. The van der Waals surface area contributed by atoms with Crippen molar-refractivity contribution < 1.29 is 12.8 Å². The molecular weight excluding hydrogens is 369 g/mol. The van der Waals surface area contributed by atoms with Gasteiger partial charge in [-0.3, -0.25) is 4.72 Å². The maximum atomic E-state index is 13.5. The highest BCUT2D eigenvalue weighted by atomic mass is 79.9. The van der Waals surface area contributed by atoms with E-state index in [1.54, 1.807) is 12.1 Å². The lowest BCUT2D eigenvalue weighted by molar-refractivity contribution is 0.601. The summed E-state index contributed by atoms with van der Waals surface area (Å²) in [4.78, 5) is 0.0996. The Morgan fingerprint density at radius 3 is 2.35 bits per heavy atom. The van der Waals surface area contributed by atoms with E-state index in [1.165, 1.54) is 18.2 Å². The van der Waals surface area contributed by atoms with Gasteiger partial charge in [0.25, 0.3) is 10.0 Å². The second kappa shape index (κ2) is 5.71. The van der Waals surface area contributed by atoms with Crippen LogP contribution in [-0.2, 0) is 10.0 Å². The molecule has 0 saturated heterocycles. The minimum absolute atomic E-state index is 0.0660. The highest BCUT2D eigenvalue weighted by Gasteiger charge is 2.16. The van der Waals surface area contributed by atoms with Crippen LogP contribution < -0.4 is 4.72 Å². The zero-order valence-corrected chi connectivity index (χ0v) is 13.5. The smallest absolute Gasteiger partial charge is 0.261 e. The van der Waals surface area contributed by atoms with Crippen LogP contribution in [0.15, 0.2) is 45.8 Å². The molecule has 0 spiro atoms. The predicted molar refractivity (Wildman–Crippen MR) is 81.1 cm³/mol. The Balaban J connectivity index is 2.36. The number of aryl methyl sites for hydroxylation is 1. The molecule has 1 N–H and O–H groups in total. The highest BCUT2D eigenvalue weighted by Crippen LogP contribution is 2.30. The van der Waals surface area contributed by atoms with Gasteiger partial charge in [-0.15, -0.1) is 0 Å². The Bertz CT molecular complexity index is 724. The topological polar surface area (TPSA) is 46.2 Å². The third-order valence-electron chi connectivity index (χ3n) is 2.57. The van der Waals surface area contributed by atoms with Crippen LogP contribution >= 0.6 is 27.5 Å². The number of benzene rings is 2. The molecule has 0 aromatic heterocycles. The number of halogens is 3. The zero-order chi connectivity index (χ0) is 14.9. The fraction of sp³-hybridized carbons (Fsp3) is 0.0769. The van der Waals surface area contributed by atoms with Crippen molar-refractivity contribution in [3.05, 3.63) is 57.3 Å². The normalized spacial score (nSPS) is 11.4. The monoisotopic (exact) mass is 377 g/mol. The number of hydrogen-bond acceptors (Lipinski definition) is 2. The number of nitrogens with one attached hydrogen (secondary N) is 1. The Morgan fingerprint density at radius 2 is 1.80 bits per heavy atom. The van der Waals surface area contributed by atoms with Crippen molar-refractivity contribution in [3.63, 3.8) is 0 Å². The van der Waals surface area contributed by atoms with E-state index < -0.39 is 15.8 Å². The molecule has 106 valence electrons. The summed E-state index contributed by atoms with van der Waals surface area (Å²) in [6.07, 6.45) is 0. The first-order valence-corrected chi connectivity index (χ1v) is 8.19. The summed E-state index contributed by atoms with van der Waals surface area (Å²) in [5.74, 6) is -0.640. The summed E-state index contributed by atoms with van der Waals surface area (Å²) in [6.45, 7) is 1.85. The standard InChI is InChI=1S/C13H10BrClFNO2S/c1-8-2-4-10(5-3-8)20(18,19)17-9-6-11(15)13(14)12(16)7-9/h2-7,17H,1H3. The maximum Gasteiger partial charge on any atom is 0.261 e. The molecular formula is C13H10BrClFNO2S. The van der Waals surface area contributed by atoms with Crippen molar-refractivity contribution in [3.8, 4) is 0 Å². The summed E-state index contributed by atoms with van der Waals surface area (Å²) in [7, 11) is -3.77. The predicted octanol–water partition coefficient (Wildman–Crippen LogP) is 4.35. The van der Waals surface area contributed by atoms with E-state index in [4.69, 9.17) is 11.6 Å². The van der Waals surface area contributed by atoms with Crippen LogP contribution in [0, 0.1) is 12.7 Å². The Kier molecular flexibility index (Phi) is 4.36. The van der Waals surface area contributed by atoms with E-state index >= 15 is 0 Å². The van der Waals surface area contributed by atoms with Crippen molar-refractivity contribution in [2.24, 2.45) is 0 Å². The molecule has 7 heteroatoms. The molecule has 3 nitrogen and oxygen atoms in total. The van der Waals surface area contributed by atoms with Gasteiger partial charge in [0.05, 0.1) is 20.1 Å². The molecule has 0 heterocycles. The van der Waals surface area contributed by atoms with E-state index in [2.05, 4.69) is 20.7 Å². The lowest BCUT2D eigenvalue weighted by Gasteiger charge is -2.09. The molecule has 0 radical (unpaired) electrons. The van der Waals surface area contributed by atoms with Gasteiger partial charge < -0.3 is 0 Å². The van der Waals surface area contributed by atoms with Gasteiger partial charge in [0, 0.05) is 0 Å². The molecule has 0 aliphatic heterocycles. The van der Waals surface area contributed by atoms with Crippen molar-refractivity contribution >= 4 is 43.2 Å². The second-order valence-electron chi connectivity index (χ2n) is 4.17. The molecule has 20 heavy (non-hydrogen) atoms. The summed E-state index contributed by atoms with van der Waals surface area (Å²) < 4.78 is 40.2. The quantitative estimate of drug-likeness (QED) is 0.807. The maximum absolute atomic E-state index is 13.5. The van der Waals surface area contributed by atoms with Gasteiger partial charge in [-0.1, -0.05) is 29.3 Å². The molecule has 0 aliphatic carbocycles. The average molecular weight is 379 g/mol. The van der Waals surface area contributed by atoms with Gasteiger partial charge >= 0.3 is 0 Å². The van der Waals surface area contributed by atoms with Gasteiger partial charge in [0.1, 0.15) is 5.82 Å². The van der Waals surface area contributed by atoms with Crippen LogP contribution in [-0.4, -0.2) is 8.42 Å². The summed E-state index contributed by atoms with van der Waals surface area (Å²) >= 11 is 8.75. The van der Waals surface area contributed by atoms with Gasteiger partial charge in [-0.2, -0.15) is 0 Å². The molecule has 0 unspecified atom stereocenters.